The average Bonchev–Trinajstić information content (AvgIpc) is 2.72. The molecule has 0 aromatic heterocycles. The summed E-state index contributed by atoms with van der Waals surface area (Å²) in [6.07, 6.45) is 2.04. The van der Waals surface area contributed by atoms with Gasteiger partial charge in [0.25, 0.3) is 0 Å². The molecule has 0 saturated carbocycles. The van der Waals surface area contributed by atoms with Crippen molar-refractivity contribution in [2.45, 2.75) is 19.8 Å². The highest BCUT2D eigenvalue weighted by Crippen LogP contribution is 2.22. The number of hydrogen-bond acceptors (Lipinski definition) is 3. The van der Waals surface area contributed by atoms with E-state index in [1.54, 1.807) is 0 Å². The zero-order chi connectivity index (χ0) is 19.6. The molecule has 0 bridgehead atoms. The normalized spacial score (nSPS) is 10.5. The number of benzene rings is 3. The average molecular weight is 396 g/mol. The Morgan fingerprint density at radius 1 is 0.857 bits per heavy atom. The Hall–Kier alpha value is -2.65. The van der Waals surface area contributed by atoms with Gasteiger partial charge in [0.05, 0.1) is 6.61 Å². The SMILES string of the molecule is Cc1cc(Cl)ccc1OCCNc1ccc(OCCCc2ccccc2)cc1. The maximum atomic E-state index is 5.96. The second-order valence-corrected chi connectivity index (χ2v) is 7.08. The van der Waals surface area contributed by atoms with Crippen LogP contribution in [0.3, 0.4) is 0 Å². The maximum absolute atomic E-state index is 5.96. The first-order valence-electron chi connectivity index (χ1n) is 9.60. The van der Waals surface area contributed by atoms with Gasteiger partial charge in [-0.05, 0) is 73.4 Å². The van der Waals surface area contributed by atoms with Crippen molar-refractivity contribution < 1.29 is 9.47 Å². The third kappa shape index (κ3) is 6.50. The van der Waals surface area contributed by atoms with E-state index in [4.69, 9.17) is 21.1 Å². The number of ether oxygens (including phenoxy) is 2. The van der Waals surface area contributed by atoms with Crippen molar-refractivity contribution in [2.75, 3.05) is 25.1 Å². The first kappa shape index (κ1) is 20.1. The summed E-state index contributed by atoms with van der Waals surface area (Å²) in [7, 11) is 0. The van der Waals surface area contributed by atoms with E-state index in [0.717, 1.165) is 53.8 Å². The molecule has 0 unspecified atom stereocenters. The standard InChI is InChI=1S/C24H26ClNO2/c1-19-18-21(25)9-14-24(19)28-17-15-26-22-10-12-23(13-11-22)27-16-5-8-20-6-3-2-4-7-20/h2-4,6-7,9-14,18,26H,5,8,15-17H2,1H3. The lowest BCUT2D eigenvalue weighted by atomic mass is 10.1. The Morgan fingerprint density at radius 2 is 1.64 bits per heavy atom. The lowest BCUT2D eigenvalue weighted by Crippen LogP contribution is -2.11. The van der Waals surface area contributed by atoms with Gasteiger partial charge in [0.1, 0.15) is 18.1 Å². The van der Waals surface area contributed by atoms with E-state index in [1.807, 2.05) is 55.5 Å². The third-order valence-electron chi connectivity index (χ3n) is 4.40. The van der Waals surface area contributed by atoms with Gasteiger partial charge in [-0.3, -0.25) is 0 Å². The zero-order valence-corrected chi connectivity index (χ0v) is 16.9. The van der Waals surface area contributed by atoms with Gasteiger partial charge >= 0.3 is 0 Å². The van der Waals surface area contributed by atoms with Gasteiger partial charge in [0.2, 0.25) is 0 Å². The fourth-order valence-electron chi connectivity index (χ4n) is 2.91. The molecule has 0 atom stereocenters. The molecule has 28 heavy (non-hydrogen) atoms. The molecule has 3 rings (SSSR count). The maximum Gasteiger partial charge on any atom is 0.122 e. The topological polar surface area (TPSA) is 30.5 Å². The van der Waals surface area contributed by atoms with Crippen LogP contribution in [0.25, 0.3) is 0 Å². The fourth-order valence-corrected chi connectivity index (χ4v) is 3.14. The van der Waals surface area contributed by atoms with Crippen molar-refractivity contribution in [3.05, 3.63) is 88.9 Å². The highest BCUT2D eigenvalue weighted by atomic mass is 35.5. The molecular formula is C24H26ClNO2. The number of hydrogen-bond donors (Lipinski definition) is 1. The van der Waals surface area contributed by atoms with Crippen LogP contribution in [0, 0.1) is 6.92 Å². The second-order valence-electron chi connectivity index (χ2n) is 6.65. The van der Waals surface area contributed by atoms with E-state index < -0.39 is 0 Å². The van der Waals surface area contributed by atoms with Crippen molar-refractivity contribution in [1.82, 2.24) is 0 Å². The first-order chi connectivity index (χ1) is 13.7. The fraction of sp³-hybridized carbons (Fsp3) is 0.250. The van der Waals surface area contributed by atoms with Crippen molar-refractivity contribution in [1.29, 1.82) is 0 Å². The highest BCUT2D eigenvalue weighted by Gasteiger charge is 2.01. The number of anilines is 1. The van der Waals surface area contributed by atoms with Crippen LogP contribution < -0.4 is 14.8 Å². The summed E-state index contributed by atoms with van der Waals surface area (Å²) in [6, 6.07) is 24.2. The molecule has 0 saturated heterocycles. The van der Waals surface area contributed by atoms with Crippen LogP contribution in [0.15, 0.2) is 72.8 Å². The summed E-state index contributed by atoms with van der Waals surface area (Å²) in [5.41, 5.74) is 3.44. The van der Waals surface area contributed by atoms with Gasteiger partial charge in [-0.1, -0.05) is 41.9 Å². The Bertz CT molecular complexity index is 850. The van der Waals surface area contributed by atoms with Crippen molar-refractivity contribution in [3.8, 4) is 11.5 Å². The van der Waals surface area contributed by atoms with Gasteiger partial charge in [0, 0.05) is 17.3 Å². The van der Waals surface area contributed by atoms with Gasteiger partial charge in [-0.2, -0.15) is 0 Å². The molecule has 3 aromatic rings. The molecule has 146 valence electrons. The van der Waals surface area contributed by atoms with Crippen LogP contribution in [0.4, 0.5) is 5.69 Å². The Labute approximate surface area is 172 Å². The molecule has 4 heteroatoms. The van der Waals surface area contributed by atoms with E-state index in [9.17, 15) is 0 Å². The molecular weight excluding hydrogens is 370 g/mol. The summed E-state index contributed by atoms with van der Waals surface area (Å²) in [5, 5.41) is 4.08. The molecule has 0 radical (unpaired) electrons. The van der Waals surface area contributed by atoms with Gasteiger partial charge in [0.15, 0.2) is 0 Å². The Kier molecular flexibility index (Phi) is 7.62. The number of rotatable bonds is 10. The van der Waals surface area contributed by atoms with Crippen LogP contribution >= 0.6 is 11.6 Å². The smallest absolute Gasteiger partial charge is 0.122 e. The van der Waals surface area contributed by atoms with E-state index in [-0.39, 0.29) is 0 Å². The van der Waals surface area contributed by atoms with Crippen LogP contribution in [0.1, 0.15) is 17.5 Å². The number of aryl methyl sites for hydroxylation is 2. The van der Waals surface area contributed by atoms with Crippen molar-refractivity contribution >= 4 is 17.3 Å². The van der Waals surface area contributed by atoms with E-state index in [2.05, 4.69) is 29.6 Å². The summed E-state index contributed by atoms with van der Waals surface area (Å²) >= 11 is 5.96. The minimum Gasteiger partial charge on any atom is -0.494 e. The quantitative estimate of drug-likeness (QED) is 0.417. The zero-order valence-electron chi connectivity index (χ0n) is 16.2. The summed E-state index contributed by atoms with van der Waals surface area (Å²) in [5.74, 6) is 1.76. The Balaban J connectivity index is 1.33. The molecule has 0 aliphatic carbocycles. The van der Waals surface area contributed by atoms with E-state index in [0.29, 0.717) is 6.61 Å². The largest absolute Gasteiger partial charge is 0.494 e. The third-order valence-corrected chi connectivity index (χ3v) is 4.64. The molecule has 1 N–H and O–H groups in total. The molecule has 0 spiro atoms. The molecule has 0 heterocycles. The van der Waals surface area contributed by atoms with E-state index in [1.165, 1.54) is 5.56 Å². The first-order valence-corrected chi connectivity index (χ1v) is 9.98. The predicted molar refractivity (Wildman–Crippen MR) is 117 cm³/mol. The predicted octanol–water partition coefficient (Wildman–Crippen LogP) is 6.15. The monoisotopic (exact) mass is 395 g/mol. The molecule has 0 aliphatic rings. The number of nitrogens with one attached hydrogen (secondary N) is 1. The second kappa shape index (κ2) is 10.6. The van der Waals surface area contributed by atoms with Crippen molar-refractivity contribution in [3.63, 3.8) is 0 Å². The van der Waals surface area contributed by atoms with Crippen LogP contribution in [-0.4, -0.2) is 19.8 Å². The molecule has 0 aliphatic heterocycles. The molecule has 0 fully saturated rings. The summed E-state index contributed by atoms with van der Waals surface area (Å²) < 4.78 is 11.6. The van der Waals surface area contributed by atoms with Crippen LogP contribution in [-0.2, 0) is 6.42 Å². The Morgan fingerprint density at radius 3 is 2.39 bits per heavy atom. The van der Waals surface area contributed by atoms with Gasteiger partial charge in [-0.15, -0.1) is 0 Å². The van der Waals surface area contributed by atoms with Crippen LogP contribution in [0.2, 0.25) is 5.02 Å². The minimum absolute atomic E-state index is 0.584. The molecule has 3 aromatic carbocycles. The minimum atomic E-state index is 0.584. The molecule has 0 amide bonds. The number of halogens is 1. The molecule has 3 nitrogen and oxygen atoms in total. The van der Waals surface area contributed by atoms with Crippen molar-refractivity contribution in [2.24, 2.45) is 0 Å². The summed E-state index contributed by atoms with van der Waals surface area (Å²) in [6.45, 7) is 4.02. The van der Waals surface area contributed by atoms with Gasteiger partial charge in [-0.25, -0.2) is 0 Å². The summed E-state index contributed by atoms with van der Waals surface area (Å²) in [4.78, 5) is 0. The highest BCUT2D eigenvalue weighted by molar-refractivity contribution is 6.30. The van der Waals surface area contributed by atoms with Gasteiger partial charge < -0.3 is 14.8 Å². The van der Waals surface area contributed by atoms with E-state index >= 15 is 0 Å². The lowest BCUT2D eigenvalue weighted by Gasteiger charge is -2.11. The lowest BCUT2D eigenvalue weighted by molar-refractivity contribution is 0.311. The van der Waals surface area contributed by atoms with Crippen LogP contribution in [0.5, 0.6) is 11.5 Å².